The molecule has 1 heterocycles. The molecule has 182 valence electrons. The monoisotopic (exact) mass is 484 g/mol. The summed E-state index contributed by atoms with van der Waals surface area (Å²) in [6.07, 6.45) is 0. The van der Waals surface area contributed by atoms with Crippen LogP contribution < -0.4 is 20.9 Å². The Kier molecular flexibility index (Phi) is 7.51. The van der Waals surface area contributed by atoms with Crippen LogP contribution in [0, 0.1) is 17.5 Å². The lowest BCUT2D eigenvalue weighted by atomic mass is 10.1. The summed E-state index contributed by atoms with van der Waals surface area (Å²) in [5.74, 6) is -2.32. The van der Waals surface area contributed by atoms with Crippen molar-refractivity contribution in [1.29, 1.82) is 0 Å². The molecule has 0 saturated carbocycles. The fourth-order valence-electron chi connectivity index (χ4n) is 3.66. The van der Waals surface area contributed by atoms with Crippen molar-refractivity contribution in [2.75, 3.05) is 41.8 Å². The fraction of sp³-hybridized carbons (Fsp3) is 0.200. The SMILES string of the molecule is O=C(Nc1cc(F)ccc1F)Nc1cc(C(=O)NCc2cccc(F)c2)ccc1N1CCOCC1. The number of nitrogens with one attached hydrogen (secondary N) is 3. The molecule has 7 nitrogen and oxygen atoms in total. The van der Waals surface area contributed by atoms with Gasteiger partial charge < -0.3 is 25.6 Å². The standard InChI is InChI=1S/C25H23F3N4O3/c26-18-3-1-2-16(12-18)15-29-24(33)17-4-7-23(32-8-10-35-11-9-32)22(13-17)31-25(34)30-21-14-19(27)5-6-20(21)28/h1-7,12-14H,8-11,15H2,(H,29,33)(H2,30,31,34). The molecule has 0 radical (unpaired) electrons. The second kappa shape index (κ2) is 10.9. The lowest BCUT2D eigenvalue weighted by Gasteiger charge is -2.30. The van der Waals surface area contributed by atoms with Gasteiger partial charge in [0.2, 0.25) is 0 Å². The zero-order chi connectivity index (χ0) is 24.8. The van der Waals surface area contributed by atoms with Crippen LogP contribution in [-0.4, -0.2) is 38.2 Å². The number of rotatable bonds is 6. The van der Waals surface area contributed by atoms with E-state index >= 15 is 0 Å². The van der Waals surface area contributed by atoms with Crippen LogP contribution in [0.3, 0.4) is 0 Å². The number of carbonyl (C=O) groups excluding carboxylic acids is 2. The number of hydrogen-bond acceptors (Lipinski definition) is 4. The van der Waals surface area contributed by atoms with E-state index in [0.29, 0.717) is 43.2 Å². The van der Waals surface area contributed by atoms with E-state index in [2.05, 4.69) is 16.0 Å². The van der Waals surface area contributed by atoms with Gasteiger partial charge in [-0.25, -0.2) is 18.0 Å². The predicted octanol–water partition coefficient (Wildman–Crippen LogP) is 4.51. The lowest BCUT2D eigenvalue weighted by Crippen LogP contribution is -2.37. The summed E-state index contributed by atoms with van der Waals surface area (Å²) in [7, 11) is 0. The van der Waals surface area contributed by atoms with Gasteiger partial charge in [-0.3, -0.25) is 4.79 Å². The first-order chi connectivity index (χ1) is 16.9. The summed E-state index contributed by atoms with van der Waals surface area (Å²) < 4.78 is 46.2. The first kappa shape index (κ1) is 24.1. The van der Waals surface area contributed by atoms with Crippen molar-refractivity contribution in [3.05, 3.63) is 89.2 Å². The third kappa shape index (κ3) is 6.30. The highest BCUT2D eigenvalue weighted by molar-refractivity contribution is 6.04. The van der Waals surface area contributed by atoms with Gasteiger partial charge >= 0.3 is 6.03 Å². The smallest absolute Gasteiger partial charge is 0.323 e. The van der Waals surface area contributed by atoms with Crippen molar-refractivity contribution in [2.45, 2.75) is 6.54 Å². The van der Waals surface area contributed by atoms with Gasteiger partial charge in [0.15, 0.2) is 0 Å². The molecule has 3 N–H and O–H groups in total. The van der Waals surface area contributed by atoms with Crippen LogP contribution in [-0.2, 0) is 11.3 Å². The Bertz CT molecular complexity index is 1230. The molecule has 0 bridgehead atoms. The van der Waals surface area contributed by atoms with Gasteiger partial charge in [0.25, 0.3) is 5.91 Å². The Hall–Kier alpha value is -4.05. The van der Waals surface area contributed by atoms with Crippen LogP contribution in [0.1, 0.15) is 15.9 Å². The van der Waals surface area contributed by atoms with Crippen molar-refractivity contribution < 1.29 is 27.5 Å². The third-order valence-corrected chi connectivity index (χ3v) is 5.38. The zero-order valence-electron chi connectivity index (χ0n) is 18.6. The Morgan fingerprint density at radius 2 is 1.60 bits per heavy atom. The number of amides is 3. The maximum Gasteiger partial charge on any atom is 0.323 e. The maximum absolute atomic E-state index is 14.0. The quantitative estimate of drug-likeness (QED) is 0.481. The largest absolute Gasteiger partial charge is 0.378 e. The van der Waals surface area contributed by atoms with E-state index < -0.39 is 29.4 Å². The van der Waals surface area contributed by atoms with Crippen LogP contribution in [0.4, 0.5) is 35.0 Å². The second-order valence-electron chi connectivity index (χ2n) is 7.85. The van der Waals surface area contributed by atoms with E-state index in [1.807, 2.05) is 4.90 Å². The molecule has 3 aromatic rings. The van der Waals surface area contributed by atoms with E-state index in [0.717, 1.165) is 18.2 Å². The van der Waals surface area contributed by atoms with Gasteiger partial charge in [0, 0.05) is 31.3 Å². The van der Waals surface area contributed by atoms with Gasteiger partial charge in [0.1, 0.15) is 17.5 Å². The first-order valence-electron chi connectivity index (χ1n) is 10.9. The Morgan fingerprint density at radius 3 is 2.37 bits per heavy atom. The number of hydrogen-bond donors (Lipinski definition) is 3. The van der Waals surface area contributed by atoms with Crippen molar-refractivity contribution in [2.24, 2.45) is 0 Å². The van der Waals surface area contributed by atoms with E-state index in [1.54, 1.807) is 24.3 Å². The molecule has 1 saturated heterocycles. The van der Waals surface area contributed by atoms with E-state index in [1.165, 1.54) is 18.2 Å². The molecule has 35 heavy (non-hydrogen) atoms. The van der Waals surface area contributed by atoms with Gasteiger partial charge in [-0.05, 0) is 48.0 Å². The molecule has 3 aromatic carbocycles. The molecule has 1 fully saturated rings. The summed E-state index contributed by atoms with van der Waals surface area (Å²) in [5.41, 5.74) is 1.48. The third-order valence-electron chi connectivity index (χ3n) is 5.38. The predicted molar refractivity (Wildman–Crippen MR) is 126 cm³/mol. The summed E-state index contributed by atoms with van der Waals surface area (Å²) in [6, 6.07) is 12.6. The maximum atomic E-state index is 14.0. The van der Waals surface area contributed by atoms with Crippen LogP contribution in [0.15, 0.2) is 60.7 Å². The number of halogens is 3. The van der Waals surface area contributed by atoms with Gasteiger partial charge in [-0.15, -0.1) is 0 Å². The number of morpholine rings is 1. The summed E-state index contributed by atoms with van der Waals surface area (Å²) in [5, 5.41) is 7.63. The summed E-state index contributed by atoms with van der Waals surface area (Å²) in [6.45, 7) is 2.25. The Balaban J connectivity index is 1.53. The highest BCUT2D eigenvalue weighted by atomic mass is 19.1. The second-order valence-corrected chi connectivity index (χ2v) is 7.85. The molecule has 0 aliphatic carbocycles. The molecule has 0 spiro atoms. The van der Waals surface area contributed by atoms with Crippen LogP contribution in [0.5, 0.6) is 0 Å². The molecule has 4 rings (SSSR count). The van der Waals surface area contributed by atoms with Crippen molar-refractivity contribution in [3.8, 4) is 0 Å². The minimum absolute atomic E-state index is 0.115. The molecule has 0 aromatic heterocycles. The minimum Gasteiger partial charge on any atom is -0.378 e. The van der Waals surface area contributed by atoms with Crippen LogP contribution >= 0.6 is 0 Å². The lowest BCUT2D eigenvalue weighted by molar-refractivity contribution is 0.0950. The zero-order valence-corrected chi connectivity index (χ0v) is 18.6. The summed E-state index contributed by atoms with van der Waals surface area (Å²) >= 11 is 0. The number of anilines is 3. The van der Waals surface area contributed by atoms with Crippen molar-refractivity contribution in [1.82, 2.24) is 5.32 Å². The van der Waals surface area contributed by atoms with Gasteiger partial charge in [0.05, 0.1) is 30.3 Å². The average Bonchev–Trinajstić information content (AvgIpc) is 2.85. The van der Waals surface area contributed by atoms with E-state index in [-0.39, 0.29) is 17.8 Å². The molecule has 10 heteroatoms. The Labute approximate surface area is 199 Å². The van der Waals surface area contributed by atoms with Crippen LogP contribution in [0.25, 0.3) is 0 Å². The van der Waals surface area contributed by atoms with Crippen molar-refractivity contribution >= 4 is 29.0 Å². The molecular weight excluding hydrogens is 461 g/mol. The number of nitrogens with zero attached hydrogens (tertiary/aromatic N) is 1. The molecular formula is C25H23F3N4O3. The molecule has 3 amide bonds. The highest BCUT2D eigenvalue weighted by Crippen LogP contribution is 2.29. The van der Waals surface area contributed by atoms with Crippen LogP contribution in [0.2, 0.25) is 0 Å². The molecule has 1 aliphatic heterocycles. The molecule has 0 unspecified atom stereocenters. The first-order valence-corrected chi connectivity index (χ1v) is 10.9. The topological polar surface area (TPSA) is 82.7 Å². The molecule has 1 aliphatic rings. The average molecular weight is 484 g/mol. The van der Waals surface area contributed by atoms with E-state index in [9.17, 15) is 22.8 Å². The van der Waals surface area contributed by atoms with Gasteiger partial charge in [-0.2, -0.15) is 0 Å². The number of urea groups is 1. The number of carbonyl (C=O) groups is 2. The minimum atomic E-state index is -0.804. The van der Waals surface area contributed by atoms with Crippen molar-refractivity contribution in [3.63, 3.8) is 0 Å². The summed E-state index contributed by atoms with van der Waals surface area (Å²) in [4.78, 5) is 27.3. The number of benzene rings is 3. The molecule has 0 atom stereocenters. The normalized spacial score (nSPS) is 13.3. The fourth-order valence-corrected chi connectivity index (χ4v) is 3.66. The number of ether oxygens (including phenoxy) is 1. The van der Waals surface area contributed by atoms with Gasteiger partial charge in [-0.1, -0.05) is 12.1 Å². The highest BCUT2D eigenvalue weighted by Gasteiger charge is 2.19. The van der Waals surface area contributed by atoms with E-state index in [4.69, 9.17) is 4.74 Å². The Morgan fingerprint density at radius 1 is 0.857 bits per heavy atom.